The fourth-order valence-corrected chi connectivity index (χ4v) is 4.11. The van der Waals surface area contributed by atoms with Gasteiger partial charge in [0.2, 0.25) is 0 Å². The highest BCUT2D eigenvalue weighted by molar-refractivity contribution is 5.94. The molecule has 28 heavy (non-hydrogen) atoms. The van der Waals surface area contributed by atoms with Gasteiger partial charge in [-0.2, -0.15) is 0 Å². The molecule has 0 saturated carbocycles. The van der Waals surface area contributed by atoms with Crippen molar-refractivity contribution in [1.29, 1.82) is 0 Å². The summed E-state index contributed by atoms with van der Waals surface area (Å²) in [5.74, 6) is 1.75. The second-order valence-corrected chi connectivity index (χ2v) is 7.77. The number of carbonyl (C=O) groups is 1. The van der Waals surface area contributed by atoms with Gasteiger partial charge in [0, 0.05) is 18.5 Å². The van der Waals surface area contributed by atoms with Gasteiger partial charge in [-0.15, -0.1) is 0 Å². The van der Waals surface area contributed by atoms with Gasteiger partial charge in [0.15, 0.2) is 11.5 Å². The maximum Gasteiger partial charge on any atom is 0.254 e. The third-order valence-corrected chi connectivity index (χ3v) is 5.83. The van der Waals surface area contributed by atoms with Gasteiger partial charge in [-0.3, -0.25) is 4.79 Å². The van der Waals surface area contributed by atoms with Crippen LogP contribution in [-0.2, 0) is 12.8 Å². The lowest BCUT2D eigenvalue weighted by molar-refractivity contribution is 0.0677. The Morgan fingerprint density at radius 1 is 1.11 bits per heavy atom. The van der Waals surface area contributed by atoms with E-state index in [1.54, 1.807) is 0 Å². The summed E-state index contributed by atoms with van der Waals surface area (Å²) in [6, 6.07) is 12.3. The Bertz CT molecular complexity index is 844. The molecule has 0 bridgehead atoms. The first kappa shape index (κ1) is 18.9. The molecule has 0 aromatic heterocycles. The fourth-order valence-electron chi connectivity index (χ4n) is 4.11. The summed E-state index contributed by atoms with van der Waals surface area (Å²) in [6.07, 6.45) is 5.18. The number of aryl methyl sites for hydroxylation is 1. The van der Waals surface area contributed by atoms with Crippen LogP contribution in [0, 0.1) is 0 Å². The summed E-state index contributed by atoms with van der Waals surface area (Å²) in [5, 5.41) is 0. The molecule has 1 unspecified atom stereocenters. The van der Waals surface area contributed by atoms with Crippen molar-refractivity contribution < 1.29 is 14.3 Å². The van der Waals surface area contributed by atoms with E-state index < -0.39 is 0 Å². The maximum absolute atomic E-state index is 13.2. The number of unbranched alkanes of at least 4 members (excludes halogenated alkanes) is 1. The predicted octanol–water partition coefficient (Wildman–Crippen LogP) is 4.95. The van der Waals surface area contributed by atoms with Crippen LogP contribution in [0.25, 0.3) is 0 Å². The number of carbonyl (C=O) groups excluding carboxylic acids is 1. The van der Waals surface area contributed by atoms with E-state index in [1.165, 1.54) is 29.5 Å². The van der Waals surface area contributed by atoms with Crippen LogP contribution in [0.4, 0.5) is 0 Å². The van der Waals surface area contributed by atoms with E-state index >= 15 is 0 Å². The number of amides is 1. The zero-order valence-corrected chi connectivity index (χ0v) is 16.9. The van der Waals surface area contributed by atoms with Crippen molar-refractivity contribution in [2.45, 2.75) is 52.0 Å². The molecule has 0 fully saturated rings. The number of hydrogen-bond acceptors (Lipinski definition) is 3. The van der Waals surface area contributed by atoms with Gasteiger partial charge >= 0.3 is 0 Å². The number of benzene rings is 2. The van der Waals surface area contributed by atoms with E-state index in [4.69, 9.17) is 9.47 Å². The molecule has 2 aliphatic rings. The minimum absolute atomic E-state index is 0.0215. The van der Waals surface area contributed by atoms with Gasteiger partial charge in [0.25, 0.3) is 5.91 Å². The van der Waals surface area contributed by atoms with Gasteiger partial charge in [-0.05, 0) is 67.1 Å². The number of fused-ring (bicyclic) bond motifs is 2. The maximum atomic E-state index is 13.2. The monoisotopic (exact) mass is 379 g/mol. The molecule has 2 heterocycles. The summed E-state index contributed by atoms with van der Waals surface area (Å²) in [6.45, 7) is 6.40. The van der Waals surface area contributed by atoms with Crippen LogP contribution in [0.2, 0.25) is 0 Å². The van der Waals surface area contributed by atoms with Gasteiger partial charge in [0.1, 0.15) is 0 Å². The largest absolute Gasteiger partial charge is 0.490 e. The van der Waals surface area contributed by atoms with Crippen LogP contribution in [0.15, 0.2) is 36.4 Å². The lowest BCUT2D eigenvalue weighted by Crippen LogP contribution is -2.38. The minimum Gasteiger partial charge on any atom is -0.490 e. The molecule has 4 heteroatoms. The van der Waals surface area contributed by atoms with Gasteiger partial charge in [-0.25, -0.2) is 0 Å². The topological polar surface area (TPSA) is 38.8 Å². The molecule has 2 aromatic carbocycles. The molecular formula is C24H29NO3. The molecule has 1 amide bonds. The lowest BCUT2D eigenvalue weighted by atomic mass is 9.92. The second kappa shape index (κ2) is 8.26. The Morgan fingerprint density at radius 3 is 2.54 bits per heavy atom. The molecular weight excluding hydrogens is 350 g/mol. The van der Waals surface area contributed by atoms with Crippen molar-refractivity contribution >= 4 is 5.91 Å². The Labute approximate surface area is 167 Å². The average molecular weight is 380 g/mol. The Hall–Kier alpha value is -2.49. The van der Waals surface area contributed by atoms with Crippen LogP contribution in [0.1, 0.15) is 66.2 Å². The van der Waals surface area contributed by atoms with Gasteiger partial charge < -0.3 is 14.4 Å². The summed E-state index contributed by atoms with van der Waals surface area (Å²) in [5.41, 5.74) is 4.50. The molecule has 4 rings (SSSR count). The number of hydrogen-bond donors (Lipinski definition) is 0. The molecule has 148 valence electrons. The van der Waals surface area contributed by atoms with Crippen LogP contribution in [0.5, 0.6) is 11.5 Å². The van der Waals surface area contributed by atoms with Crippen molar-refractivity contribution in [3.63, 3.8) is 0 Å². The lowest BCUT2D eigenvalue weighted by Gasteiger charge is -2.36. The van der Waals surface area contributed by atoms with Crippen LogP contribution >= 0.6 is 0 Å². The highest BCUT2D eigenvalue weighted by Crippen LogP contribution is 2.39. The quantitative estimate of drug-likeness (QED) is 0.754. The molecule has 2 aliphatic heterocycles. The normalized spacial score (nSPS) is 18.4. The third kappa shape index (κ3) is 3.73. The highest BCUT2D eigenvalue weighted by atomic mass is 16.5. The van der Waals surface area contributed by atoms with Crippen LogP contribution < -0.4 is 9.47 Å². The summed E-state index contributed by atoms with van der Waals surface area (Å²) in [4.78, 5) is 15.1. The van der Waals surface area contributed by atoms with Gasteiger partial charge in [0.05, 0.1) is 19.3 Å². The van der Waals surface area contributed by atoms with Crippen molar-refractivity contribution in [2.24, 2.45) is 0 Å². The number of ether oxygens (including phenoxy) is 2. The SMILES string of the molecule is CCCCc1ccc(C(=O)N2CCc3cc4c(cc3C2C)OCCCO4)cc1. The number of nitrogens with zero attached hydrogens (tertiary/aromatic N) is 1. The molecule has 1 atom stereocenters. The molecule has 0 aliphatic carbocycles. The van der Waals surface area contributed by atoms with E-state index in [-0.39, 0.29) is 11.9 Å². The first-order valence-electron chi connectivity index (χ1n) is 10.5. The van der Waals surface area contributed by atoms with Crippen molar-refractivity contribution in [3.05, 3.63) is 58.7 Å². The summed E-state index contributed by atoms with van der Waals surface area (Å²) in [7, 11) is 0. The second-order valence-electron chi connectivity index (χ2n) is 7.77. The van der Waals surface area contributed by atoms with Crippen molar-refractivity contribution in [3.8, 4) is 11.5 Å². The summed E-state index contributed by atoms with van der Waals surface area (Å²) >= 11 is 0. The van der Waals surface area contributed by atoms with Gasteiger partial charge in [-0.1, -0.05) is 25.5 Å². The molecule has 0 spiro atoms. The standard InChI is InChI=1S/C24H29NO3/c1-3-4-6-18-7-9-19(10-8-18)24(26)25-12-11-20-15-22-23(16-21(20)17(25)2)28-14-5-13-27-22/h7-10,15-17H,3-6,11-14H2,1-2H3. The van der Waals surface area contributed by atoms with E-state index in [1.807, 2.05) is 17.0 Å². The van der Waals surface area contributed by atoms with E-state index in [0.717, 1.165) is 42.9 Å². The molecule has 0 saturated heterocycles. The Balaban J connectivity index is 1.54. The Kier molecular flexibility index (Phi) is 5.56. The zero-order chi connectivity index (χ0) is 19.5. The first-order valence-corrected chi connectivity index (χ1v) is 10.5. The van der Waals surface area contributed by atoms with Crippen LogP contribution in [0.3, 0.4) is 0 Å². The number of rotatable bonds is 4. The molecule has 2 aromatic rings. The highest BCUT2D eigenvalue weighted by Gasteiger charge is 2.30. The van der Waals surface area contributed by atoms with Crippen LogP contribution in [-0.4, -0.2) is 30.6 Å². The smallest absolute Gasteiger partial charge is 0.254 e. The van der Waals surface area contributed by atoms with E-state index in [0.29, 0.717) is 13.2 Å². The Morgan fingerprint density at radius 2 is 1.82 bits per heavy atom. The molecule has 4 nitrogen and oxygen atoms in total. The van der Waals surface area contributed by atoms with E-state index in [2.05, 4.69) is 38.1 Å². The molecule has 0 N–H and O–H groups in total. The first-order chi connectivity index (χ1) is 13.7. The van der Waals surface area contributed by atoms with Crippen molar-refractivity contribution in [1.82, 2.24) is 4.90 Å². The molecule has 0 radical (unpaired) electrons. The van der Waals surface area contributed by atoms with Crippen molar-refractivity contribution in [2.75, 3.05) is 19.8 Å². The minimum atomic E-state index is 0.0215. The predicted molar refractivity (Wildman–Crippen MR) is 110 cm³/mol. The fraction of sp³-hybridized carbons (Fsp3) is 0.458. The summed E-state index contributed by atoms with van der Waals surface area (Å²) < 4.78 is 11.7. The van der Waals surface area contributed by atoms with E-state index in [9.17, 15) is 4.79 Å². The zero-order valence-electron chi connectivity index (χ0n) is 16.9. The third-order valence-electron chi connectivity index (χ3n) is 5.83. The average Bonchev–Trinajstić information content (AvgIpc) is 2.96.